The van der Waals surface area contributed by atoms with E-state index in [1.807, 2.05) is 6.07 Å². The number of halogens is 3. The minimum Gasteiger partial charge on any atom is -0.419 e. The molecule has 3 heterocycles. The number of alkyl halides is 3. The molecule has 1 saturated heterocycles. The number of rotatable bonds is 7. The summed E-state index contributed by atoms with van der Waals surface area (Å²) in [6.07, 6.45) is -1.48. The van der Waals surface area contributed by atoms with Gasteiger partial charge in [0.2, 0.25) is 0 Å². The Morgan fingerprint density at radius 1 is 1.11 bits per heavy atom. The Morgan fingerprint density at radius 2 is 1.89 bits per heavy atom. The van der Waals surface area contributed by atoms with Crippen molar-refractivity contribution in [3.8, 4) is 23.1 Å². The van der Waals surface area contributed by atoms with Gasteiger partial charge in [0.1, 0.15) is 11.6 Å². The van der Waals surface area contributed by atoms with E-state index in [0.717, 1.165) is 42.9 Å². The molecular formula is C32H27F3N6O4S. The number of fused-ring (bicyclic) bond motifs is 1. The molecule has 0 radical (unpaired) electrons. The Balaban J connectivity index is 1.25. The molecule has 1 aliphatic carbocycles. The molecule has 46 heavy (non-hydrogen) atoms. The number of morpholine rings is 1. The van der Waals surface area contributed by atoms with Crippen LogP contribution in [0.4, 0.5) is 18.3 Å². The third kappa shape index (κ3) is 7.07. The van der Waals surface area contributed by atoms with Gasteiger partial charge in [-0.15, -0.1) is 11.3 Å². The van der Waals surface area contributed by atoms with Crippen molar-refractivity contribution in [1.29, 1.82) is 5.26 Å². The summed E-state index contributed by atoms with van der Waals surface area (Å²) in [5.74, 6) is -3.55. The molecule has 0 spiro atoms. The molecule has 10 nitrogen and oxygen atoms in total. The van der Waals surface area contributed by atoms with Crippen LogP contribution in [0, 0.1) is 11.3 Å². The predicted molar refractivity (Wildman–Crippen MR) is 161 cm³/mol. The Labute approximate surface area is 265 Å². The van der Waals surface area contributed by atoms with Crippen LogP contribution in [0.15, 0.2) is 54.7 Å². The van der Waals surface area contributed by atoms with Gasteiger partial charge in [0.15, 0.2) is 5.13 Å². The number of thiazole rings is 1. The molecule has 6 rings (SSSR count). The molecule has 1 N–H and O–H groups in total. The maximum atomic E-state index is 13.5. The Hall–Kier alpha value is -4.71. The fourth-order valence-electron chi connectivity index (χ4n) is 5.53. The Morgan fingerprint density at radius 3 is 2.63 bits per heavy atom. The number of amides is 1. The van der Waals surface area contributed by atoms with Gasteiger partial charge in [0.05, 0.1) is 41.8 Å². The number of hydrogen-bond acceptors (Lipinski definition) is 10. The topological polar surface area (TPSA) is 130 Å². The van der Waals surface area contributed by atoms with Crippen molar-refractivity contribution in [3.63, 3.8) is 0 Å². The number of benzene rings is 2. The molecule has 2 aromatic carbocycles. The summed E-state index contributed by atoms with van der Waals surface area (Å²) in [6.45, 7) is 3.12. The SMILES string of the molecule is N#Cc1ccc(-c2ccnc(Cc3cccc(C(=O)Nc4nc5c(s4)C[C@@H](N4CCOCC4)CC5)c3OC(=O)C(F)(F)F)n2)cc1. The molecule has 4 aromatic rings. The van der Waals surface area contributed by atoms with Crippen molar-refractivity contribution < 1.29 is 32.2 Å². The third-order valence-electron chi connectivity index (χ3n) is 7.83. The van der Waals surface area contributed by atoms with Crippen LogP contribution < -0.4 is 10.1 Å². The number of carbonyl (C=O) groups is 2. The second-order valence-corrected chi connectivity index (χ2v) is 11.9. The minimum absolute atomic E-state index is 0.106. The number of para-hydroxylation sites is 1. The lowest BCUT2D eigenvalue weighted by Gasteiger charge is -2.36. The summed E-state index contributed by atoms with van der Waals surface area (Å²) in [6, 6.07) is 15.0. The van der Waals surface area contributed by atoms with Gasteiger partial charge in [-0.3, -0.25) is 15.0 Å². The summed E-state index contributed by atoms with van der Waals surface area (Å²) in [5, 5.41) is 12.1. The van der Waals surface area contributed by atoms with Gasteiger partial charge in [0, 0.05) is 47.8 Å². The van der Waals surface area contributed by atoms with Crippen LogP contribution in [0.1, 0.15) is 44.3 Å². The zero-order valence-electron chi connectivity index (χ0n) is 24.3. The molecule has 14 heteroatoms. The van der Waals surface area contributed by atoms with Crippen LogP contribution in [0.2, 0.25) is 0 Å². The molecule has 1 aliphatic heterocycles. The van der Waals surface area contributed by atoms with Crippen LogP contribution >= 0.6 is 11.3 Å². The molecular weight excluding hydrogens is 621 g/mol. The van der Waals surface area contributed by atoms with Gasteiger partial charge in [-0.2, -0.15) is 18.4 Å². The standard InChI is InChI=1S/C32H27F3N6O4S/c33-32(34,35)30(43)45-28-21(16-27-37-11-10-24(38-27)20-6-4-19(18-36)5-7-20)2-1-3-23(28)29(42)40-31-39-25-9-8-22(17-26(25)46-31)41-12-14-44-15-13-41/h1-7,10-11,22H,8-9,12-17H2,(H,39,40,42)/t22-/m0/s1. The monoisotopic (exact) mass is 648 g/mol. The number of carbonyl (C=O) groups excluding carboxylic acids is 2. The first-order valence-corrected chi connectivity index (χ1v) is 15.3. The molecule has 1 amide bonds. The average molecular weight is 649 g/mol. The first kappa shape index (κ1) is 31.3. The molecule has 2 aromatic heterocycles. The van der Waals surface area contributed by atoms with Crippen molar-refractivity contribution in [2.45, 2.75) is 37.9 Å². The number of aromatic nitrogens is 3. The lowest BCUT2D eigenvalue weighted by atomic mass is 9.96. The highest BCUT2D eigenvalue weighted by atomic mass is 32.1. The normalized spacial score (nSPS) is 16.7. The van der Waals surface area contributed by atoms with Crippen molar-refractivity contribution in [2.75, 3.05) is 31.6 Å². The Kier molecular flexibility index (Phi) is 9.07. The molecule has 236 valence electrons. The second kappa shape index (κ2) is 13.3. The highest BCUT2D eigenvalue weighted by Gasteiger charge is 2.42. The zero-order valence-corrected chi connectivity index (χ0v) is 25.2. The number of aryl methyl sites for hydroxylation is 1. The number of anilines is 1. The number of esters is 1. The maximum absolute atomic E-state index is 13.5. The largest absolute Gasteiger partial charge is 0.491 e. The van der Waals surface area contributed by atoms with E-state index in [2.05, 4.69) is 25.2 Å². The fraction of sp³-hybridized carbons (Fsp3) is 0.312. The maximum Gasteiger partial charge on any atom is 0.491 e. The molecule has 0 unspecified atom stereocenters. The van der Waals surface area contributed by atoms with Gasteiger partial charge < -0.3 is 9.47 Å². The average Bonchev–Trinajstić information content (AvgIpc) is 3.47. The highest BCUT2D eigenvalue weighted by molar-refractivity contribution is 7.15. The first-order valence-electron chi connectivity index (χ1n) is 14.5. The van der Waals surface area contributed by atoms with E-state index in [-0.39, 0.29) is 23.4 Å². The van der Waals surface area contributed by atoms with E-state index < -0.39 is 23.8 Å². The number of nitriles is 1. The minimum atomic E-state index is -5.29. The fourth-order valence-corrected chi connectivity index (χ4v) is 6.61. The van der Waals surface area contributed by atoms with E-state index in [1.54, 1.807) is 30.3 Å². The van der Waals surface area contributed by atoms with Gasteiger partial charge in [-0.25, -0.2) is 19.7 Å². The second-order valence-electron chi connectivity index (χ2n) is 10.8. The van der Waals surface area contributed by atoms with Crippen LogP contribution in [0.3, 0.4) is 0 Å². The summed E-state index contributed by atoms with van der Waals surface area (Å²) in [7, 11) is 0. The number of nitrogens with one attached hydrogen (secondary N) is 1. The lowest BCUT2D eigenvalue weighted by Crippen LogP contribution is -2.45. The van der Waals surface area contributed by atoms with Gasteiger partial charge in [0.25, 0.3) is 5.91 Å². The van der Waals surface area contributed by atoms with Crippen LogP contribution in [0.5, 0.6) is 5.75 Å². The predicted octanol–water partition coefficient (Wildman–Crippen LogP) is 4.97. The molecule has 0 bridgehead atoms. The van der Waals surface area contributed by atoms with E-state index in [0.29, 0.717) is 41.2 Å². The smallest absolute Gasteiger partial charge is 0.419 e. The van der Waals surface area contributed by atoms with Gasteiger partial charge >= 0.3 is 12.1 Å². The number of hydrogen-bond donors (Lipinski definition) is 1. The van der Waals surface area contributed by atoms with Crippen molar-refractivity contribution >= 4 is 28.3 Å². The molecule has 2 aliphatic rings. The van der Waals surface area contributed by atoms with E-state index in [9.17, 15) is 22.8 Å². The third-order valence-corrected chi connectivity index (χ3v) is 8.86. The summed E-state index contributed by atoms with van der Waals surface area (Å²) in [5.41, 5.74) is 2.41. The van der Waals surface area contributed by atoms with E-state index in [4.69, 9.17) is 14.7 Å². The highest BCUT2D eigenvalue weighted by Crippen LogP contribution is 2.34. The first-order chi connectivity index (χ1) is 22.2. The molecule has 0 saturated carbocycles. The summed E-state index contributed by atoms with van der Waals surface area (Å²) >= 11 is 1.33. The molecule has 1 fully saturated rings. The van der Waals surface area contributed by atoms with Crippen molar-refractivity contribution in [2.24, 2.45) is 0 Å². The molecule has 1 atom stereocenters. The van der Waals surface area contributed by atoms with Crippen LogP contribution in [-0.2, 0) is 28.8 Å². The van der Waals surface area contributed by atoms with Crippen LogP contribution in [-0.4, -0.2) is 70.2 Å². The van der Waals surface area contributed by atoms with Gasteiger partial charge in [-0.1, -0.05) is 24.3 Å². The zero-order chi connectivity index (χ0) is 32.3. The van der Waals surface area contributed by atoms with Crippen LogP contribution in [0.25, 0.3) is 11.3 Å². The van der Waals surface area contributed by atoms with Gasteiger partial charge in [-0.05, 0) is 43.5 Å². The van der Waals surface area contributed by atoms with E-state index >= 15 is 0 Å². The summed E-state index contributed by atoms with van der Waals surface area (Å²) < 4.78 is 50.3. The van der Waals surface area contributed by atoms with Crippen molar-refractivity contribution in [3.05, 3.63) is 87.8 Å². The quantitative estimate of drug-likeness (QED) is 0.218. The lowest BCUT2D eigenvalue weighted by molar-refractivity contribution is -0.189. The van der Waals surface area contributed by atoms with Crippen molar-refractivity contribution in [1.82, 2.24) is 19.9 Å². The van der Waals surface area contributed by atoms with E-state index in [1.165, 1.54) is 35.7 Å². The Bertz CT molecular complexity index is 1800. The number of ether oxygens (including phenoxy) is 2. The number of nitrogens with zero attached hydrogens (tertiary/aromatic N) is 5. The summed E-state index contributed by atoms with van der Waals surface area (Å²) in [4.78, 5) is 42.3.